The number of halogens is 1. The molecule has 1 aliphatic carbocycles. The second-order valence-electron chi connectivity index (χ2n) is 3.96. The molecule has 0 heterocycles. The summed E-state index contributed by atoms with van der Waals surface area (Å²) in [5.41, 5.74) is 0.564. The molecule has 1 rings (SSSR count). The first-order valence-corrected chi connectivity index (χ1v) is 5.62. The van der Waals surface area contributed by atoms with Gasteiger partial charge < -0.3 is 10.1 Å². The smallest absolute Gasteiger partial charge is 0.0474 e. The van der Waals surface area contributed by atoms with Crippen LogP contribution in [0, 0.1) is 5.41 Å². The molecule has 0 radical (unpaired) electrons. The van der Waals surface area contributed by atoms with Gasteiger partial charge in [-0.15, -0.1) is 11.6 Å². The minimum atomic E-state index is 0.564. The summed E-state index contributed by atoms with van der Waals surface area (Å²) in [6.07, 6.45) is 4.99. The van der Waals surface area contributed by atoms with E-state index in [1.54, 1.807) is 7.11 Å². The van der Waals surface area contributed by atoms with Crippen LogP contribution in [-0.4, -0.2) is 32.7 Å². The molecule has 0 spiro atoms. The van der Waals surface area contributed by atoms with Crippen LogP contribution in [0.5, 0.6) is 0 Å². The molecule has 3 heteroatoms. The fraction of sp³-hybridized carbons (Fsp3) is 1.00. The highest BCUT2D eigenvalue weighted by Crippen LogP contribution is 2.48. The van der Waals surface area contributed by atoms with E-state index in [1.807, 2.05) is 0 Å². The van der Waals surface area contributed by atoms with Gasteiger partial charge in [0.15, 0.2) is 0 Å². The molecule has 0 aromatic heterocycles. The molecule has 2 nitrogen and oxygen atoms in total. The van der Waals surface area contributed by atoms with Crippen molar-refractivity contribution in [2.45, 2.75) is 25.7 Å². The van der Waals surface area contributed by atoms with Crippen molar-refractivity contribution < 1.29 is 4.74 Å². The van der Waals surface area contributed by atoms with E-state index in [4.69, 9.17) is 16.3 Å². The standard InChI is InChI=1S/C10H20ClNO/c1-13-8-2-7-12-9-10(3-4-10)5-6-11/h12H,2-9H2,1H3. The first kappa shape index (κ1) is 11.3. The molecule has 1 N–H and O–H groups in total. The molecule has 1 fully saturated rings. The average Bonchev–Trinajstić information content (AvgIpc) is 2.86. The summed E-state index contributed by atoms with van der Waals surface area (Å²) < 4.78 is 4.98. The maximum absolute atomic E-state index is 5.74. The zero-order chi connectivity index (χ0) is 9.57. The van der Waals surface area contributed by atoms with Gasteiger partial charge in [-0.05, 0) is 37.6 Å². The van der Waals surface area contributed by atoms with Crippen molar-refractivity contribution in [1.29, 1.82) is 0 Å². The van der Waals surface area contributed by atoms with Gasteiger partial charge in [-0.25, -0.2) is 0 Å². The number of alkyl halides is 1. The summed E-state index contributed by atoms with van der Waals surface area (Å²) in [6, 6.07) is 0. The summed E-state index contributed by atoms with van der Waals surface area (Å²) in [4.78, 5) is 0. The van der Waals surface area contributed by atoms with Crippen LogP contribution in [0.4, 0.5) is 0 Å². The lowest BCUT2D eigenvalue weighted by Crippen LogP contribution is -2.25. The molecule has 0 aromatic carbocycles. The highest BCUT2D eigenvalue weighted by molar-refractivity contribution is 6.17. The van der Waals surface area contributed by atoms with Gasteiger partial charge >= 0.3 is 0 Å². The van der Waals surface area contributed by atoms with Crippen LogP contribution in [0.1, 0.15) is 25.7 Å². The predicted molar refractivity (Wildman–Crippen MR) is 56.4 cm³/mol. The minimum Gasteiger partial charge on any atom is -0.385 e. The Balaban J connectivity index is 1.93. The second-order valence-corrected chi connectivity index (χ2v) is 4.34. The van der Waals surface area contributed by atoms with Gasteiger partial charge in [0, 0.05) is 26.1 Å². The lowest BCUT2D eigenvalue weighted by Gasteiger charge is -2.13. The van der Waals surface area contributed by atoms with Crippen LogP contribution >= 0.6 is 11.6 Å². The Morgan fingerprint density at radius 3 is 2.77 bits per heavy atom. The van der Waals surface area contributed by atoms with Crippen LogP contribution in [-0.2, 0) is 4.74 Å². The zero-order valence-corrected chi connectivity index (χ0v) is 9.20. The van der Waals surface area contributed by atoms with E-state index in [1.165, 1.54) is 19.3 Å². The number of ether oxygens (including phenoxy) is 1. The molecule has 0 unspecified atom stereocenters. The molecule has 0 bridgehead atoms. The van der Waals surface area contributed by atoms with Crippen LogP contribution < -0.4 is 5.32 Å². The molecule has 0 aromatic rings. The van der Waals surface area contributed by atoms with E-state index < -0.39 is 0 Å². The Labute approximate surface area is 86.0 Å². The quantitative estimate of drug-likeness (QED) is 0.484. The largest absolute Gasteiger partial charge is 0.385 e. The van der Waals surface area contributed by atoms with Crippen molar-refractivity contribution in [3.05, 3.63) is 0 Å². The maximum Gasteiger partial charge on any atom is 0.0474 e. The van der Waals surface area contributed by atoms with E-state index >= 15 is 0 Å². The normalized spacial score (nSPS) is 18.9. The van der Waals surface area contributed by atoms with E-state index in [0.29, 0.717) is 5.41 Å². The van der Waals surface area contributed by atoms with E-state index in [-0.39, 0.29) is 0 Å². The van der Waals surface area contributed by atoms with Crippen LogP contribution in [0.15, 0.2) is 0 Å². The molecule has 1 saturated carbocycles. The van der Waals surface area contributed by atoms with Gasteiger partial charge in [-0.1, -0.05) is 0 Å². The summed E-state index contributed by atoms with van der Waals surface area (Å²) >= 11 is 5.74. The van der Waals surface area contributed by atoms with Crippen molar-refractivity contribution >= 4 is 11.6 Å². The van der Waals surface area contributed by atoms with Crippen molar-refractivity contribution in [1.82, 2.24) is 5.32 Å². The molecule has 0 saturated heterocycles. The number of methoxy groups -OCH3 is 1. The highest BCUT2D eigenvalue weighted by atomic mass is 35.5. The van der Waals surface area contributed by atoms with Gasteiger partial charge in [0.05, 0.1) is 0 Å². The van der Waals surface area contributed by atoms with Crippen LogP contribution in [0.2, 0.25) is 0 Å². The topological polar surface area (TPSA) is 21.3 Å². The highest BCUT2D eigenvalue weighted by Gasteiger charge is 2.40. The molecule has 1 aliphatic rings. The van der Waals surface area contributed by atoms with Crippen molar-refractivity contribution in [2.24, 2.45) is 5.41 Å². The Bertz CT molecular complexity index is 137. The molecule has 0 aliphatic heterocycles. The van der Waals surface area contributed by atoms with Crippen molar-refractivity contribution in [3.8, 4) is 0 Å². The van der Waals surface area contributed by atoms with Crippen LogP contribution in [0.25, 0.3) is 0 Å². The summed E-state index contributed by atoms with van der Waals surface area (Å²) in [5.74, 6) is 0.805. The summed E-state index contributed by atoms with van der Waals surface area (Å²) in [5, 5.41) is 3.47. The third-order valence-corrected chi connectivity index (χ3v) is 2.97. The summed E-state index contributed by atoms with van der Waals surface area (Å²) in [7, 11) is 1.75. The maximum atomic E-state index is 5.74. The van der Waals surface area contributed by atoms with E-state index in [0.717, 1.165) is 32.0 Å². The lowest BCUT2D eigenvalue weighted by molar-refractivity contribution is 0.193. The third kappa shape index (κ3) is 4.30. The fourth-order valence-electron chi connectivity index (χ4n) is 1.59. The van der Waals surface area contributed by atoms with Gasteiger partial charge in [0.25, 0.3) is 0 Å². The number of nitrogens with one attached hydrogen (secondary N) is 1. The Hall–Kier alpha value is 0.210. The minimum absolute atomic E-state index is 0.564. The van der Waals surface area contributed by atoms with E-state index in [2.05, 4.69) is 5.32 Å². The van der Waals surface area contributed by atoms with Gasteiger partial charge in [0.1, 0.15) is 0 Å². The first-order valence-electron chi connectivity index (χ1n) is 5.09. The number of hydrogen-bond acceptors (Lipinski definition) is 2. The first-order chi connectivity index (χ1) is 6.33. The van der Waals surface area contributed by atoms with Crippen molar-refractivity contribution in [2.75, 3.05) is 32.7 Å². The van der Waals surface area contributed by atoms with Crippen LogP contribution in [0.3, 0.4) is 0 Å². The van der Waals surface area contributed by atoms with Gasteiger partial charge in [-0.3, -0.25) is 0 Å². The monoisotopic (exact) mass is 205 g/mol. The summed E-state index contributed by atoms with van der Waals surface area (Å²) in [6.45, 7) is 3.07. The predicted octanol–water partition coefficient (Wildman–Crippen LogP) is 2.02. The molecule has 0 atom stereocenters. The second kappa shape index (κ2) is 5.84. The molecule has 78 valence electrons. The Morgan fingerprint density at radius 2 is 2.23 bits per heavy atom. The fourth-order valence-corrected chi connectivity index (χ4v) is 1.99. The number of hydrogen-bond donors (Lipinski definition) is 1. The Kier molecular flexibility index (Phi) is 5.07. The molecule has 0 amide bonds. The van der Waals surface area contributed by atoms with Crippen molar-refractivity contribution in [3.63, 3.8) is 0 Å². The lowest BCUT2D eigenvalue weighted by atomic mass is 10.0. The third-order valence-electron chi connectivity index (χ3n) is 2.78. The molecular formula is C10H20ClNO. The SMILES string of the molecule is COCCCNCC1(CCCl)CC1. The van der Waals surface area contributed by atoms with Gasteiger partial charge in [-0.2, -0.15) is 0 Å². The van der Waals surface area contributed by atoms with Gasteiger partial charge in [0.2, 0.25) is 0 Å². The molecular weight excluding hydrogens is 186 g/mol. The van der Waals surface area contributed by atoms with E-state index in [9.17, 15) is 0 Å². The number of rotatable bonds is 8. The molecule has 13 heavy (non-hydrogen) atoms. The Morgan fingerprint density at radius 1 is 1.46 bits per heavy atom. The average molecular weight is 206 g/mol. The zero-order valence-electron chi connectivity index (χ0n) is 8.44.